The van der Waals surface area contributed by atoms with Gasteiger partial charge in [-0.05, 0) is 74.5 Å². The first-order valence-electron chi connectivity index (χ1n) is 19.4. The number of hydrogen-bond acceptors (Lipinski definition) is 2. The molecule has 60 heavy (non-hydrogen) atoms. The van der Waals surface area contributed by atoms with Crippen LogP contribution >= 0.6 is 0 Å². The zero-order valence-corrected chi connectivity index (χ0v) is 35.1. The summed E-state index contributed by atoms with van der Waals surface area (Å²) in [6.07, 6.45) is 1.87. The standard InChI is InChI=1S/C52H36F2N4O.Pt/c1-52(2,3)36-25-26-55-50(29-36)58-46-20-8-7-17-44(46)45-24-23-41(32-49(45)58)59-40-16-11-15-39(31-40)56-33-57(48-22-10-9-21-47(48)56)51-42(34-13-5-4-6-14-34)18-12-19-43(51)35-27-37(53)30-38(54)28-35;/h4-30H,1-3H3;/q;+2. The minimum atomic E-state index is -0.650. The predicted molar refractivity (Wildman–Crippen MR) is 233 cm³/mol. The largest absolute Gasteiger partial charge is 2.00 e. The molecular formula is C52H36F2N4OPt+2. The summed E-state index contributed by atoms with van der Waals surface area (Å²) in [5.74, 6) is 0.536. The van der Waals surface area contributed by atoms with Crippen LogP contribution in [0.4, 0.5) is 31.5 Å². The Labute approximate surface area is 361 Å². The molecule has 1 aliphatic heterocycles. The van der Waals surface area contributed by atoms with Gasteiger partial charge in [-0.25, -0.2) is 13.8 Å². The summed E-state index contributed by atoms with van der Waals surface area (Å²) in [6, 6.07) is 60.2. The van der Waals surface area contributed by atoms with E-state index in [4.69, 9.17) is 9.72 Å². The van der Waals surface area contributed by atoms with Gasteiger partial charge >= 0.3 is 27.1 Å². The van der Waals surface area contributed by atoms with Crippen molar-refractivity contribution in [1.82, 2.24) is 18.7 Å². The van der Waals surface area contributed by atoms with Crippen LogP contribution in [0.3, 0.4) is 0 Å². The molecule has 0 amide bonds. The van der Waals surface area contributed by atoms with Crippen LogP contribution in [0.5, 0.6) is 11.5 Å². The van der Waals surface area contributed by atoms with Crippen LogP contribution in [0.15, 0.2) is 164 Å². The molecule has 9 aromatic rings. The molecule has 8 heteroatoms. The molecule has 0 aliphatic carbocycles. The van der Waals surface area contributed by atoms with Crippen LogP contribution in [0.2, 0.25) is 0 Å². The van der Waals surface area contributed by atoms with E-state index >= 15 is 0 Å². The molecule has 3 heterocycles. The predicted octanol–water partition coefficient (Wildman–Crippen LogP) is 13.3. The van der Waals surface area contributed by atoms with Gasteiger partial charge in [0.2, 0.25) is 5.69 Å². The maximum atomic E-state index is 14.7. The summed E-state index contributed by atoms with van der Waals surface area (Å²) < 4.78 is 42.1. The van der Waals surface area contributed by atoms with Crippen LogP contribution in [-0.2, 0) is 26.5 Å². The van der Waals surface area contributed by atoms with Crippen molar-refractivity contribution in [2.45, 2.75) is 26.2 Å². The summed E-state index contributed by atoms with van der Waals surface area (Å²) >= 11 is 0. The number of nitrogens with zero attached hydrogens (tertiary/aromatic N) is 4. The second-order valence-corrected chi connectivity index (χ2v) is 15.6. The number of ether oxygens (including phenoxy) is 1. The van der Waals surface area contributed by atoms with Crippen molar-refractivity contribution in [2.24, 2.45) is 0 Å². The fourth-order valence-corrected chi connectivity index (χ4v) is 7.91. The maximum absolute atomic E-state index is 14.7. The van der Waals surface area contributed by atoms with E-state index in [1.165, 1.54) is 17.7 Å². The summed E-state index contributed by atoms with van der Waals surface area (Å²) in [7, 11) is 0. The van der Waals surface area contributed by atoms with E-state index in [0.717, 1.165) is 61.9 Å². The zero-order valence-electron chi connectivity index (χ0n) is 32.9. The Morgan fingerprint density at radius 1 is 0.617 bits per heavy atom. The molecule has 0 saturated carbocycles. The fourth-order valence-electron chi connectivity index (χ4n) is 7.91. The third-order valence-electron chi connectivity index (χ3n) is 10.7. The summed E-state index contributed by atoms with van der Waals surface area (Å²) in [5.41, 5.74) is 9.02. The van der Waals surface area contributed by atoms with E-state index in [9.17, 15) is 8.78 Å². The number of halogens is 2. The van der Waals surface area contributed by atoms with Gasteiger partial charge in [0.1, 0.15) is 23.1 Å². The molecule has 0 atom stereocenters. The van der Waals surface area contributed by atoms with E-state index in [2.05, 4.69) is 73.8 Å². The smallest absolute Gasteiger partial charge is 0.509 e. The molecule has 0 spiro atoms. The van der Waals surface area contributed by atoms with Gasteiger partial charge in [0.25, 0.3) is 11.4 Å². The molecule has 0 N–H and O–H groups in total. The van der Waals surface area contributed by atoms with Crippen LogP contribution in [0, 0.1) is 23.8 Å². The monoisotopic (exact) mass is 965 g/mol. The SMILES string of the molecule is CC(C)(C)c1ccnc(-n2c3[c-]c(Oc4[c-]c([N+]5=C=[N+](c6c(-c7ccccc7)cccc6-c6cc(F)cc(F)c6)c6ccccc65)ccc4)ccc3c3ccccc32)c1.[Pt+2]. The number of para-hydroxylation sites is 4. The molecule has 0 bridgehead atoms. The van der Waals surface area contributed by atoms with Gasteiger partial charge < -0.3 is 9.30 Å². The first kappa shape index (κ1) is 38.7. The van der Waals surface area contributed by atoms with Crippen molar-refractivity contribution >= 4 is 50.6 Å². The average molecular weight is 966 g/mol. The van der Waals surface area contributed by atoms with Gasteiger partial charge in [0.05, 0.1) is 11.1 Å². The Balaban J connectivity index is 0.00000462. The van der Waals surface area contributed by atoms with Gasteiger partial charge in [-0.3, -0.25) is 0 Å². The normalized spacial score (nSPS) is 12.2. The van der Waals surface area contributed by atoms with Crippen molar-refractivity contribution in [2.75, 3.05) is 0 Å². The van der Waals surface area contributed by atoms with Gasteiger partial charge in [-0.15, -0.1) is 23.6 Å². The Hall–Kier alpha value is -6.78. The Morgan fingerprint density at radius 3 is 2.05 bits per heavy atom. The molecule has 7 aromatic carbocycles. The third-order valence-corrected chi connectivity index (χ3v) is 10.7. The minimum absolute atomic E-state index is 0. The topological polar surface area (TPSA) is 33.1 Å². The quantitative estimate of drug-likeness (QED) is 0.118. The first-order chi connectivity index (χ1) is 28.7. The molecule has 10 rings (SSSR count). The zero-order chi connectivity index (χ0) is 40.3. The average Bonchev–Trinajstić information content (AvgIpc) is 3.79. The molecule has 0 fully saturated rings. The number of aromatic nitrogens is 2. The van der Waals surface area contributed by atoms with Gasteiger partial charge in [0.15, 0.2) is 0 Å². The second-order valence-electron chi connectivity index (χ2n) is 15.6. The number of benzene rings is 7. The van der Waals surface area contributed by atoms with Crippen molar-refractivity contribution in [1.29, 1.82) is 0 Å². The Morgan fingerprint density at radius 2 is 1.28 bits per heavy atom. The summed E-state index contributed by atoms with van der Waals surface area (Å²) in [6.45, 7) is 6.60. The van der Waals surface area contributed by atoms with Crippen LogP contribution in [0.1, 0.15) is 26.3 Å². The van der Waals surface area contributed by atoms with E-state index in [1.54, 1.807) is 0 Å². The summed E-state index contributed by atoms with van der Waals surface area (Å²) in [5, 5.41) is 2.15. The second kappa shape index (κ2) is 15.4. The summed E-state index contributed by atoms with van der Waals surface area (Å²) in [4.78, 5) is 4.81. The molecular weight excluding hydrogens is 930 g/mol. The Bertz CT molecular complexity index is 3180. The van der Waals surface area contributed by atoms with Crippen molar-refractivity contribution in [3.63, 3.8) is 0 Å². The van der Waals surface area contributed by atoms with Crippen LogP contribution in [0.25, 0.3) is 49.9 Å². The van der Waals surface area contributed by atoms with E-state index in [1.807, 2.05) is 125 Å². The number of pyridine rings is 1. The molecule has 0 unspecified atom stereocenters. The van der Waals surface area contributed by atoms with E-state index < -0.39 is 11.6 Å². The molecule has 0 saturated heterocycles. The van der Waals surface area contributed by atoms with E-state index in [-0.39, 0.29) is 26.5 Å². The van der Waals surface area contributed by atoms with Gasteiger partial charge in [-0.1, -0.05) is 110 Å². The molecule has 2 aromatic heterocycles. The Kier molecular flexibility index (Phi) is 9.96. The van der Waals surface area contributed by atoms with E-state index in [0.29, 0.717) is 28.3 Å². The molecule has 292 valence electrons. The first-order valence-corrected chi connectivity index (χ1v) is 19.4. The fraction of sp³-hybridized carbons (Fsp3) is 0.0769. The molecule has 5 nitrogen and oxygen atoms in total. The van der Waals surface area contributed by atoms with Crippen molar-refractivity contribution < 1.29 is 34.6 Å². The minimum Gasteiger partial charge on any atom is -0.509 e. The van der Waals surface area contributed by atoms with Gasteiger partial charge in [-0.2, -0.15) is 12.1 Å². The van der Waals surface area contributed by atoms with Crippen molar-refractivity contribution in [3.8, 4) is 39.6 Å². The third kappa shape index (κ3) is 6.96. The molecule has 1 aliphatic rings. The number of fused-ring (bicyclic) bond motifs is 4. The number of hydrogen-bond donors (Lipinski definition) is 0. The molecule has 0 radical (unpaired) electrons. The van der Waals surface area contributed by atoms with Gasteiger partial charge in [0, 0.05) is 41.4 Å². The maximum Gasteiger partial charge on any atom is 2.00 e. The number of rotatable bonds is 7. The van der Waals surface area contributed by atoms with Crippen LogP contribution < -0.4 is 13.9 Å². The van der Waals surface area contributed by atoms with Crippen molar-refractivity contribution in [3.05, 3.63) is 193 Å². The van der Waals surface area contributed by atoms with Crippen LogP contribution in [-0.4, -0.2) is 15.6 Å².